The number of hydrogen-bond donors (Lipinski definition) is 2. The molecule has 0 unspecified atom stereocenters. The Kier molecular flexibility index (Phi) is 4.32. The normalized spacial score (nSPS) is 21.4. The summed E-state index contributed by atoms with van der Waals surface area (Å²) in [6.07, 6.45) is 8.73. The summed E-state index contributed by atoms with van der Waals surface area (Å²) in [5, 5.41) is 0. The van der Waals surface area contributed by atoms with Crippen molar-refractivity contribution in [2.45, 2.75) is 25.7 Å². The Morgan fingerprint density at radius 3 is 2.60 bits per heavy atom. The van der Waals surface area contributed by atoms with Crippen LogP contribution in [0.3, 0.4) is 0 Å². The number of rotatable bonds is 4. The number of nitrogens with zero attached hydrogens (tertiary/aromatic N) is 4. The molecular formula is C14H24N6. The fourth-order valence-corrected chi connectivity index (χ4v) is 3.25. The second kappa shape index (κ2) is 6.37. The molecule has 0 amide bonds. The van der Waals surface area contributed by atoms with E-state index in [1.807, 2.05) is 6.20 Å². The molecule has 2 fully saturated rings. The van der Waals surface area contributed by atoms with Crippen molar-refractivity contribution in [3.05, 3.63) is 12.4 Å². The van der Waals surface area contributed by atoms with Gasteiger partial charge in [-0.2, -0.15) is 0 Å². The van der Waals surface area contributed by atoms with Gasteiger partial charge in [0, 0.05) is 19.6 Å². The van der Waals surface area contributed by atoms with Crippen molar-refractivity contribution in [3.8, 4) is 0 Å². The predicted molar refractivity (Wildman–Crippen MR) is 80.5 cm³/mol. The molecule has 0 spiro atoms. The van der Waals surface area contributed by atoms with E-state index < -0.39 is 0 Å². The van der Waals surface area contributed by atoms with Crippen LogP contribution in [-0.4, -0.2) is 47.6 Å². The van der Waals surface area contributed by atoms with E-state index in [0.29, 0.717) is 5.82 Å². The lowest BCUT2D eigenvalue weighted by Crippen LogP contribution is -2.38. The number of anilines is 2. The van der Waals surface area contributed by atoms with Crippen molar-refractivity contribution in [3.63, 3.8) is 0 Å². The van der Waals surface area contributed by atoms with Crippen LogP contribution in [0.15, 0.2) is 12.4 Å². The molecule has 6 heteroatoms. The van der Waals surface area contributed by atoms with Gasteiger partial charge >= 0.3 is 0 Å². The number of hydrogen-bond acceptors (Lipinski definition) is 6. The van der Waals surface area contributed by atoms with Crippen LogP contribution in [-0.2, 0) is 0 Å². The van der Waals surface area contributed by atoms with Gasteiger partial charge in [0.25, 0.3) is 0 Å². The number of nitrogens with two attached hydrogens (primary N) is 1. The van der Waals surface area contributed by atoms with E-state index in [0.717, 1.165) is 24.8 Å². The maximum absolute atomic E-state index is 5.39. The fourth-order valence-electron chi connectivity index (χ4n) is 3.25. The highest BCUT2D eigenvalue weighted by Gasteiger charge is 2.23. The van der Waals surface area contributed by atoms with E-state index in [4.69, 9.17) is 5.84 Å². The van der Waals surface area contributed by atoms with Crippen LogP contribution < -0.4 is 16.2 Å². The van der Waals surface area contributed by atoms with Crippen LogP contribution in [0.4, 0.5) is 11.6 Å². The summed E-state index contributed by atoms with van der Waals surface area (Å²) in [5.41, 5.74) is 2.56. The van der Waals surface area contributed by atoms with Crippen LogP contribution >= 0.6 is 0 Å². The molecule has 0 aromatic carbocycles. The minimum Gasteiger partial charge on any atom is -0.355 e. The van der Waals surface area contributed by atoms with E-state index in [9.17, 15) is 0 Å². The monoisotopic (exact) mass is 276 g/mol. The first-order valence-corrected chi connectivity index (χ1v) is 7.61. The average Bonchev–Trinajstić information content (AvgIpc) is 3.01. The Balaban J connectivity index is 1.52. The molecule has 2 aliphatic heterocycles. The highest BCUT2D eigenvalue weighted by atomic mass is 15.3. The lowest BCUT2D eigenvalue weighted by Gasteiger charge is -2.34. The first-order valence-electron chi connectivity index (χ1n) is 7.61. The first kappa shape index (κ1) is 13.6. The number of hydrazine groups is 1. The van der Waals surface area contributed by atoms with Crippen molar-refractivity contribution < 1.29 is 0 Å². The largest absolute Gasteiger partial charge is 0.355 e. The van der Waals surface area contributed by atoms with Crippen LogP contribution in [0, 0.1) is 5.92 Å². The van der Waals surface area contributed by atoms with Crippen LogP contribution in [0.1, 0.15) is 25.7 Å². The lowest BCUT2D eigenvalue weighted by atomic mass is 9.96. The van der Waals surface area contributed by atoms with Crippen molar-refractivity contribution in [1.82, 2.24) is 14.9 Å². The van der Waals surface area contributed by atoms with Crippen molar-refractivity contribution >= 4 is 11.6 Å². The Morgan fingerprint density at radius 2 is 1.90 bits per heavy atom. The van der Waals surface area contributed by atoms with E-state index in [-0.39, 0.29) is 0 Å². The Labute approximate surface area is 120 Å². The minimum absolute atomic E-state index is 0.627. The minimum atomic E-state index is 0.627. The molecule has 0 radical (unpaired) electrons. The number of piperidine rings is 1. The van der Waals surface area contributed by atoms with Gasteiger partial charge in [0.05, 0.1) is 12.4 Å². The van der Waals surface area contributed by atoms with E-state index in [2.05, 4.69) is 25.2 Å². The Bertz CT molecular complexity index is 423. The SMILES string of the molecule is NNc1cncc(N2CCC(CN3CCCC3)CC2)n1. The number of aromatic nitrogens is 2. The van der Waals surface area contributed by atoms with Gasteiger partial charge in [-0.05, 0) is 44.7 Å². The zero-order valence-corrected chi connectivity index (χ0v) is 12.0. The molecule has 0 saturated carbocycles. The molecule has 1 aromatic heterocycles. The first-order chi connectivity index (χ1) is 9.85. The van der Waals surface area contributed by atoms with Crippen LogP contribution in [0.5, 0.6) is 0 Å². The van der Waals surface area contributed by atoms with Crippen molar-refractivity contribution in [2.24, 2.45) is 11.8 Å². The van der Waals surface area contributed by atoms with E-state index >= 15 is 0 Å². The summed E-state index contributed by atoms with van der Waals surface area (Å²) in [4.78, 5) is 13.6. The zero-order valence-electron chi connectivity index (χ0n) is 12.0. The van der Waals surface area contributed by atoms with Gasteiger partial charge in [0.2, 0.25) is 0 Å². The molecule has 20 heavy (non-hydrogen) atoms. The third-order valence-electron chi connectivity index (χ3n) is 4.42. The molecule has 110 valence electrons. The summed E-state index contributed by atoms with van der Waals surface area (Å²) >= 11 is 0. The molecule has 0 aliphatic carbocycles. The van der Waals surface area contributed by atoms with Gasteiger partial charge in [0.15, 0.2) is 5.82 Å². The molecule has 1 aromatic rings. The number of likely N-dealkylation sites (tertiary alicyclic amines) is 1. The number of nitrogen functional groups attached to an aromatic ring is 1. The maximum Gasteiger partial charge on any atom is 0.160 e. The second-order valence-electron chi connectivity index (χ2n) is 5.84. The molecule has 3 N–H and O–H groups in total. The quantitative estimate of drug-likeness (QED) is 0.633. The highest BCUT2D eigenvalue weighted by Crippen LogP contribution is 2.23. The summed E-state index contributed by atoms with van der Waals surface area (Å²) in [7, 11) is 0. The summed E-state index contributed by atoms with van der Waals surface area (Å²) in [5.74, 6) is 7.78. The van der Waals surface area contributed by atoms with Gasteiger partial charge < -0.3 is 15.2 Å². The fraction of sp³-hybridized carbons (Fsp3) is 0.714. The topological polar surface area (TPSA) is 70.3 Å². The standard InChI is InChI=1S/C14H24N6/c15-18-13-9-16-10-14(17-13)20-7-3-12(4-8-20)11-19-5-1-2-6-19/h9-10,12H,1-8,11,15H2,(H,17,18). The zero-order chi connectivity index (χ0) is 13.8. The number of nitrogens with one attached hydrogen (secondary N) is 1. The van der Waals surface area contributed by atoms with Gasteiger partial charge in [-0.1, -0.05) is 0 Å². The molecule has 3 rings (SSSR count). The molecule has 3 heterocycles. The third-order valence-corrected chi connectivity index (χ3v) is 4.42. The summed E-state index contributed by atoms with van der Waals surface area (Å²) in [6.45, 7) is 6.03. The van der Waals surface area contributed by atoms with Gasteiger partial charge in [-0.15, -0.1) is 0 Å². The molecule has 2 saturated heterocycles. The van der Waals surface area contributed by atoms with Gasteiger partial charge in [-0.3, -0.25) is 4.98 Å². The molecule has 0 atom stereocenters. The summed E-state index contributed by atoms with van der Waals surface area (Å²) in [6, 6.07) is 0. The van der Waals surface area contributed by atoms with Gasteiger partial charge in [0.1, 0.15) is 5.82 Å². The van der Waals surface area contributed by atoms with E-state index in [1.54, 1.807) is 6.20 Å². The summed E-state index contributed by atoms with van der Waals surface area (Å²) < 4.78 is 0. The van der Waals surface area contributed by atoms with Crippen molar-refractivity contribution in [2.75, 3.05) is 43.0 Å². The van der Waals surface area contributed by atoms with Crippen LogP contribution in [0.25, 0.3) is 0 Å². The Hall–Kier alpha value is -1.40. The Morgan fingerprint density at radius 1 is 1.15 bits per heavy atom. The molecule has 0 bridgehead atoms. The smallest absolute Gasteiger partial charge is 0.160 e. The molecular weight excluding hydrogens is 252 g/mol. The molecule has 2 aliphatic rings. The lowest BCUT2D eigenvalue weighted by molar-refractivity contribution is 0.249. The predicted octanol–water partition coefficient (Wildman–Crippen LogP) is 1.07. The second-order valence-corrected chi connectivity index (χ2v) is 5.84. The molecule has 6 nitrogen and oxygen atoms in total. The van der Waals surface area contributed by atoms with Crippen molar-refractivity contribution in [1.29, 1.82) is 0 Å². The maximum atomic E-state index is 5.39. The van der Waals surface area contributed by atoms with Crippen LogP contribution in [0.2, 0.25) is 0 Å². The van der Waals surface area contributed by atoms with Gasteiger partial charge in [-0.25, -0.2) is 10.8 Å². The third kappa shape index (κ3) is 3.19. The highest BCUT2D eigenvalue weighted by molar-refractivity contribution is 5.43. The van der Waals surface area contributed by atoms with E-state index in [1.165, 1.54) is 45.3 Å². The average molecular weight is 276 g/mol.